The quantitative estimate of drug-likeness (QED) is 0.711. The molecule has 1 aromatic carbocycles. The van der Waals surface area contributed by atoms with Crippen LogP contribution in [0.2, 0.25) is 0 Å². The van der Waals surface area contributed by atoms with Crippen LogP contribution in [0.1, 0.15) is 0 Å². The van der Waals surface area contributed by atoms with E-state index in [0.717, 1.165) is 11.1 Å². The Hall–Kier alpha value is -0.470. The van der Waals surface area contributed by atoms with Gasteiger partial charge in [-0.25, -0.2) is 0 Å². The molecule has 5 heteroatoms. The second kappa shape index (κ2) is 9.73. The van der Waals surface area contributed by atoms with Crippen LogP contribution in [0.25, 0.3) is 0 Å². The third-order valence-electron chi connectivity index (χ3n) is 1.29. The van der Waals surface area contributed by atoms with E-state index in [1.165, 1.54) is 0 Å². The van der Waals surface area contributed by atoms with Gasteiger partial charge in [-0.1, -0.05) is 82.8 Å². The van der Waals surface area contributed by atoms with Crippen molar-refractivity contribution in [1.29, 1.82) is 0 Å². The minimum Gasteiger partial charge on any atom is -0.287 e. The van der Waals surface area contributed by atoms with Crippen molar-refractivity contribution in [2.24, 2.45) is 0 Å². The average Bonchev–Trinajstić information content (AvgIpc) is 2.38. The van der Waals surface area contributed by atoms with E-state index in [1.54, 1.807) is 0 Å². The fourth-order valence-corrected chi connectivity index (χ4v) is 1.05. The summed E-state index contributed by atoms with van der Waals surface area (Å²) < 4.78 is 0. The molecule has 0 spiro atoms. The van der Waals surface area contributed by atoms with E-state index in [1.807, 2.05) is 36.4 Å². The highest BCUT2D eigenvalue weighted by Gasteiger charge is 2.09. The molecule has 0 amide bonds. The molecule has 0 fully saturated rings. The fraction of sp³-hybridized carbons (Fsp3) is 0. The molecule has 1 rings (SSSR count). The summed E-state index contributed by atoms with van der Waals surface area (Å²) in [4.78, 5) is 10.7. The number of carbonyl (C=O) groups excluding carboxylic acids is 1. The van der Waals surface area contributed by atoms with E-state index in [0.29, 0.717) is 0 Å². The Morgan fingerprint density at radius 2 is 1.00 bits per heavy atom. The minimum absolute atomic E-state index is 0.163. The van der Waals surface area contributed by atoms with Crippen molar-refractivity contribution < 1.29 is 4.79 Å². The molecule has 0 aliphatic rings. The molecule has 0 saturated heterocycles. The molecule has 0 aliphatic carbocycles. The highest BCUT2D eigenvalue weighted by Crippen LogP contribution is 2.15. The van der Waals surface area contributed by atoms with Crippen molar-refractivity contribution in [3.63, 3.8) is 0 Å². The lowest BCUT2D eigenvalue weighted by Gasteiger charge is -1.91. The fourth-order valence-electron chi connectivity index (χ4n) is 0.598. The molecule has 0 N–H and O–H groups in total. The lowest BCUT2D eigenvalue weighted by Crippen LogP contribution is -1.95. The van der Waals surface area contributed by atoms with Gasteiger partial charge in [0.15, 0.2) is 0 Å². The van der Waals surface area contributed by atoms with Gasteiger partial charge in [-0.15, -0.1) is 0 Å². The standard InChI is InChI=1S/C6H6.C5H2Cl4O/c1-2-4-6-5-3-1;6-1-3(8)5(10)4(9)2-7/h1-6H;1-2H/b;3-1-,4-2-. The first-order chi connectivity index (χ1) is 7.63. The van der Waals surface area contributed by atoms with Crippen LogP contribution in [0.3, 0.4) is 0 Å². The van der Waals surface area contributed by atoms with Crippen molar-refractivity contribution in [3.8, 4) is 0 Å². The first kappa shape index (κ1) is 15.5. The van der Waals surface area contributed by atoms with Gasteiger partial charge in [-0.3, -0.25) is 4.79 Å². The predicted molar refractivity (Wildman–Crippen MR) is 71.0 cm³/mol. The largest absolute Gasteiger partial charge is 0.287 e. The maximum Gasteiger partial charge on any atom is 0.217 e. The topological polar surface area (TPSA) is 17.1 Å². The summed E-state index contributed by atoms with van der Waals surface area (Å²) in [5.41, 5.74) is 1.85. The Morgan fingerprint density at radius 3 is 1.19 bits per heavy atom. The van der Waals surface area contributed by atoms with E-state index >= 15 is 0 Å². The van der Waals surface area contributed by atoms with Gasteiger partial charge in [-0.2, -0.15) is 0 Å². The van der Waals surface area contributed by atoms with Crippen LogP contribution in [0, 0.1) is 0 Å². The Bertz CT molecular complexity index is 324. The summed E-state index contributed by atoms with van der Waals surface area (Å²) in [6, 6.07) is 12.0. The zero-order chi connectivity index (χ0) is 12.4. The van der Waals surface area contributed by atoms with Gasteiger partial charge < -0.3 is 0 Å². The number of Topliss-reactive ketones (excluding diaryl/α,β-unsaturated/α-hetero) is 1. The van der Waals surface area contributed by atoms with Crippen molar-refractivity contribution in [1.82, 2.24) is 0 Å². The molecule has 0 aliphatic heterocycles. The van der Waals surface area contributed by atoms with Crippen LogP contribution in [-0.4, -0.2) is 5.78 Å². The number of ketones is 1. The first-order valence-corrected chi connectivity index (χ1v) is 5.72. The molecule has 16 heavy (non-hydrogen) atoms. The van der Waals surface area contributed by atoms with Crippen LogP contribution in [0.4, 0.5) is 0 Å². The zero-order valence-corrected chi connectivity index (χ0v) is 11.1. The summed E-state index contributed by atoms with van der Waals surface area (Å²) in [5, 5.41) is -0.327. The molecule has 0 radical (unpaired) electrons. The smallest absolute Gasteiger partial charge is 0.217 e. The molecule has 1 aromatic rings. The van der Waals surface area contributed by atoms with Gasteiger partial charge in [0, 0.05) is 11.1 Å². The number of allylic oxidation sites excluding steroid dienone is 2. The van der Waals surface area contributed by atoms with Crippen LogP contribution < -0.4 is 0 Å². The first-order valence-electron chi connectivity index (χ1n) is 4.10. The number of rotatable bonds is 2. The molecule has 0 heterocycles. The monoisotopic (exact) mass is 296 g/mol. The zero-order valence-electron chi connectivity index (χ0n) is 8.04. The molecule has 0 bridgehead atoms. The Balaban J connectivity index is 0.000000315. The van der Waals surface area contributed by atoms with Crippen molar-refractivity contribution in [2.45, 2.75) is 0 Å². The maximum absolute atomic E-state index is 10.7. The third-order valence-corrected chi connectivity index (χ3v) is 2.51. The molecule has 1 nitrogen and oxygen atoms in total. The lowest BCUT2D eigenvalue weighted by molar-refractivity contribution is -0.111. The van der Waals surface area contributed by atoms with Gasteiger partial charge >= 0.3 is 0 Å². The lowest BCUT2D eigenvalue weighted by atomic mass is 10.4. The third kappa shape index (κ3) is 6.91. The molecule has 0 unspecified atom stereocenters. The maximum atomic E-state index is 10.7. The van der Waals surface area contributed by atoms with Crippen LogP contribution in [0.5, 0.6) is 0 Å². The predicted octanol–water partition coefficient (Wildman–Crippen LogP) is 4.88. The van der Waals surface area contributed by atoms with Crippen molar-refractivity contribution in [3.05, 3.63) is 57.5 Å². The Morgan fingerprint density at radius 1 is 0.750 bits per heavy atom. The second-order valence-corrected chi connectivity index (χ2v) is 3.65. The van der Waals surface area contributed by atoms with Gasteiger partial charge in [0.05, 0.1) is 0 Å². The number of hydrogen-bond donors (Lipinski definition) is 0. The summed E-state index contributed by atoms with van der Waals surface area (Å²) in [5.74, 6) is -0.590. The molecule has 0 saturated carbocycles. The minimum atomic E-state index is -0.590. The van der Waals surface area contributed by atoms with Crippen molar-refractivity contribution >= 4 is 52.2 Å². The van der Waals surface area contributed by atoms with Crippen LogP contribution in [0.15, 0.2) is 57.5 Å². The van der Waals surface area contributed by atoms with Gasteiger partial charge in [0.1, 0.15) is 10.1 Å². The second-order valence-electron chi connectivity index (χ2n) is 2.40. The summed E-state index contributed by atoms with van der Waals surface area (Å²) in [6.07, 6.45) is 0. The average molecular weight is 298 g/mol. The molecule has 0 atom stereocenters. The SMILES string of the molecule is O=C(/C(Cl)=C/Cl)/C(Cl)=C/Cl.c1ccccc1. The number of benzene rings is 1. The Labute approximate surface area is 114 Å². The normalized spacial score (nSPS) is 11.5. The van der Waals surface area contributed by atoms with Crippen LogP contribution in [-0.2, 0) is 4.79 Å². The van der Waals surface area contributed by atoms with Crippen LogP contribution >= 0.6 is 46.4 Å². The van der Waals surface area contributed by atoms with E-state index in [9.17, 15) is 4.79 Å². The molecular formula is C11H8Cl4O. The molecular weight excluding hydrogens is 290 g/mol. The summed E-state index contributed by atoms with van der Waals surface area (Å²) in [7, 11) is 0. The van der Waals surface area contributed by atoms with E-state index in [4.69, 9.17) is 46.4 Å². The van der Waals surface area contributed by atoms with E-state index in [-0.39, 0.29) is 10.1 Å². The number of hydrogen-bond acceptors (Lipinski definition) is 1. The van der Waals surface area contributed by atoms with E-state index in [2.05, 4.69) is 0 Å². The van der Waals surface area contributed by atoms with Gasteiger partial charge in [0.25, 0.3) is 0 Å². The Kier molecular flexibility index (Phi) is 9.45. The molecule has 0 aromatic heterocycles. The van der Waals surface area contributed by atoms with Gasteiger partial charge in [0.2, 0.25) is 5.78 Å². The van der Waals surface area contributed by atoms with Crippen molar-refractivity contribution in [2.75, 3.05) is 0 Å². The highest BCUT2D eigenvalue weighted by atomic mass is 35.5. The van der Waals surface area contributed by atoms with E-state index < -0.39 is 5.78 Å². The summed E-state index contributed by atoms with van der Waals surface area (Å²) in [6.45, 7) is 0. The number of carbonyl (C=O) groups is 1. The molecule has 86 valence electrons. The van der Waals surface area contributed by atoms with Gasteiger partial charge in [-0.05, 0) is 0 Å². The summed E-state index contributed by atoms with van der Waals surface area (Å²) >= 11 is 20.8. The highest BCUT2D eigenvalue weighted by molar-refractivity contribution is 6.57. The number of halogens is 4.